The van der Waals surface area contributed by atoms with Crippen LogP contribution < -0.4 is 9.64 Å². The minimum absolute atomic E-state index is 0.0433. The molecule has 0 atom stereocenters. The molecule has 34 heavy (non-hydrogen) atoms. The maximum Gasteiger partial charge on any atom is 0.374 e. The molecule has 0 saturated carbocycles. The fraction of sp³-hybridized carbons (Fsp3) is 0.250. The first-order chi connectivity index (χ1) is 16.4. The Morgan fingerprint density at radius 2 is 1.65 bits per heavy atom. The number of nitrogens with zero attached hydrogens (tertiary/aromatic N) is 3. The zero-order valence-electron chi connectivity index (χ0n) is 18.5. The zero-order valence-corrected chi connectivity index (χ0v) is 18.5. The lowest BCUT2D eigenvalue weighted by Gasteiger charge is -2.36. The Hall–Kier alpha value is -4.34. The second kappa shape index (κ2) is 10.1. The van der Waals surface area contributed by atoms with Gasteiger partial charge in [-0.15, -0.1) is 0 Å². The van der Waals surface area contributed by atoms with E-state index >= 15 is 0 Å². The molecule has 0 radical (unpaired) electrons. The number of piperazine rings is 1. The number of benzene rings is 2. The number of anilines is 1. The molecule has 10 nitrogen and oxygen atoms in total. The predicted octanol–water partition coefficient (Wildman–Crippen LogP) is 3.37. The molecule has 0 spiro atoms. The summed E-state index contributed by atoms with van der Waals surface area (Å²) in [7, 11) is 1.62. The highest BCUT2D eigenvalue weighted by molar-refractivity contribution is 5.89. The first-order valence-corrected chi connectivity index (χ1v) is 10.6. The standard InChI is InChI=1S/C24H23N3O7/c1-32-20-8-6-18(7-9-20)25-12-14-26(15-13-25)23(28)16-33-24(29)22-11-10-21(34-22)17-2-4-19(5-3-17)27(30)31/h2-11H,12-16H2,1H3. The van der Waals surface area contributed by atoms with Crippen molar-refractivity contribution in [2.24, 2.45) is 0 Å². The Kier molecular flexibility index (Phi) is 6.77. The minimum atomic E-state index is -0.751. The Bertz CT molecular complexity index is 1160. The lowest BCUT2D eigenvalue weighted by Crippen LogP contribution is -2.49. The highest BCUT2D eigenvalue weighted by atomic mass is 16.6. The van der Waals surface area contributed by atoms with Gasteiger partial charge in [0.05, 0.1) is 12.0 Å². The van der Waals surface area contributed by atoms with Crippen molar-refractivity contribution in [2.75, 3.05) is 44.8 Å². The van der Waals surface area contributed by atoms with Gasteiger partial charge >= 0.3 is 5.97 Å². The van der Waals surface area contributed by atoms with Crippen molar-refractivity contribution >= 4 is 23.3 Å². The Morgan fingerprint density at radius 3 is 2.26 bits per heavy atom. The molecule has 0 aliphatic carbocycles. The van der Waals surface area contributed by atoms with Gasteiger partial charge in [-0.1, -0.05) is 0 Å². The van der Waals surface area contributed by atoms with E-state index in [4.69, 9.17) is 13.9 Å². The highest BCUT2D eigenvalue weighted by Crippen LogP contribution is 2.25. The molecule has 2 heterocycles. The third kappa shape index (κ3) is 5.17. The normalized spacial score (nSPS) is 13.4. The van der Waals surface area contributed by atoms with E-state index in [0.717, 1.165) is 11.4 Å². The molecule has 1 aromatic heterocycles. The number of non-ortho nitro benzene ring substituents is 1. The smallest absolute Gasteiger partial charge is 0.374 e. The van der Waals surface area contributed by atoms with Gasteiger partial charge < -0.3 is 23.7 Å². The predicted molar refractivity (Wildman–Crippen MR) is 123 cm³/mol. The number of esters is 1. The van der Waals surface area contributed by atoms with Crippen LogP contribution in [0.25, 0.3) is 11.3 Å². The van der Waals surface area contributed by atoms with E-state index in [1.807, 2.05) is 24.3 Å². The highest BCUT2D eigenvalue weighted by Gasteiger charge is 2.23. The summed E-state index contributed by atoms with van der Waals surface area (Å²) < 4.78 is 15.8. The van der Waals surface area contributed by atoms with E-state index in [0.29, 0.717) is 37.5 Å². The summed E-state index contributed by atoms with van der Waals surface area (Å²) in [5.41, 5.74) is 1.59. The average Bonchev–Trinajstić information content (AvgIpc) is 3.38. The number of nitro benzene ring substituents is 1. The van der Waals surface area contributed by atoms with Crippen molar-refractivity contribution in [3.8, 4) is 17.1 Å². The third-order valence-corrected chi connectivity index (χ3v) is 5.57. The van der Waals surface area contributed by atoms with E-state index in [1.165, 1.54) is 30.3 Å². The molecule has 1 aliphatic rings. The number of carbonyl (C=O) groups excluding carboxylic acids is 2. The molecule has 10 heteroatoms. The van der Waals surface area contributed by atoms with E-state index < -0.39 is 10.9 Å². The van der Waals surface area contributed by atoms with Gasteiger partial charge in [0, 0.05) is 49.6 Å². The van der Waals surface area contributed by atoms with Crippen molar-refractivity contribution in [2.45, 2.75) is 0 Å². The molecular weight excluding hydrogens is 442 g/mol. The van der Waals surface area contributed by atoms with Crippen LogP contribution in [0.3, 0.4) is 0 Å². The van der Waals surface area contributed by atoms with Crippen molar-refractivity contribution in [3.05, 3.63) is 76.5 Å². The molecule has 1 saturated heterocycles. The van der Waals surface area contributed by atoms with Gasteiger partial charge in [0.2, 0.25) is 5.76 Å². The summed E-state index contributed by atoms with van der Waals surface area (Å²) in [4.78, 5) is 38.9. The Morgan fingerprint density at radius 1 is 0.971 bits per heavy atom. The van der Waals surface area contributed by atoms with E-state index in [2.05, 4.69) is 4.90 Å². The van der Waals surface area contributed by atoms with Gasteiger partial charge in [0.1, 0.15) is 11.5 Å². The van der Waals surface area contributed by atoms with Crippen molar-refractivity contribution < 1.29 is 28.4 Å². The second-order valence-electron chi connectivity index (χ2n) is 7.61. The molecular formula is C24H23N3O7. The maximum atomic E-state index is 12.5. The van der Waals surface area contributed by atoms with Crippen LogP contribution in [0.2, 0.25) is 0 Å². The first kappa shape index (κ1) is 22.8. The number of hydrogen-bond donors (Lipinski definition) is 0. The van der Waals surface area contributed by atoms with Crippen molar-refractivity contribution in [1.29, 1.82) is 0 Å². The molecule has 4 rings (SSSR count). The van der Waals surface area contributed by atoms with Crippen LogP contribution >= 0.6 is 0 Å². The number of rotatable bonds is 7. The summed E-state index contributed by atoms with van der Waals surface area (Å²) in [5.74, 6) is 0.0763. The number of ether oxygens (including phenoxy) is 2. The van der Waals surface area contributed by atoms with Crippen LogP contribution in [-0.4, -0.2) is 61.6 Å². The van der Waals surface area contributed by atoms with E-state index in [9.17, 15) is 19.7 Å². The van der Waals surface area contributed by atoms with Gasteiger partial charge in [0.25, 0.3) is 11.6 Å². The van der Waals surface area contributed by atoms with Gasteiger partial charge in [-0.2, -0.15) is 0 Å². The topological polar surface area (TPSA) is 115 Å². The third-order valence-electron chi connectivity index (χ3n) is 5.57. The zero-order chi connectivity index (χ0) is 24.1. The molecule has 0 N–H and O–H groups in total. The Balaban J connectivity index is 1.26. The molecule has 3 aromatic rings. The molecule has 2 aromatic carbocycles. The number of methoxy groups -OCH3 is 1. The lowest BCUT2D eigenvalue weighted by molar-refractivity contribution is -0.384. The maximum absolute atomic E-state index is 12.5. The molecule has 0 bridgehead atoms. The van der Waals surface area contributed by atoms with Gasteiger partial charge in [-0.25, -0.2) is 4.79 Å². The monoisotopic (exact) mass is 465 g/mol. The fourth-order valence-electron chi connectivity index (χ4n) is 3.65. The molecule has 1 aliphatic heterocycles. The van der Waals surface area contributed by atoms with Gasteiger partial charge in [0.15, 0.2) is 6.61 Å². The summed E-state index contributed by atoms with van der Waals surface area (Å²) in [5, 5.41) is 10.8. The van der Waals surface area contributed by atoms with Gasteiger partial charge in [-0.3, -0.25) is 14.9 Å². The summed E-state index contributed by atoms with van der Waals surface area (Å²) >= 11 is 0. The van der Waals surface area contributed by atoms with Crippen LogP contribution in [0.5, 0.6) is 5.75 Å². The van der Waals surface area contributed by atoms with Crippen LogP contribution in [-0.2, 0) is 9.53 Å². The summed E-state index contributed by atoms with van der Waals surface area (Å²) in [6.07, 6.45) is 0. The van der Waals surface area contributed by atoms with E-state index in [-0.39, 0.29) is 24.0 Å². The largest absolute Gasteiger partial charge is 0.497 e. The quantitative estimate of drug-likeness (QED) is 0.296. The summed E-state index contributed by atoms with van der Waals surface area (Å²) in [6, 6.07) is 16.5. The number of furan rings is 1. The summed E-state index contributed by atoms with van der Waals surface area (Å²) in [6.45, 7) is 2.00. The van der Waals surface area contributed by atoms with Gasteiger partial charge in [-0.05, 0) is 48.5 Å². The van der Waals surface area contributed by atoms with Crippen LogP contribution in [0.1, 0.15) is 10.6 Å². The average molecular weight is 465 g/mol. The van der Waals surface area contributed by atoms with Crippen LogP contribution in [0.15, 0.2) is 65.1 Å². The molecule has 1 fully saturated rings. The van der Waals surface area contributed by atoms with Crippen molar-refractivity contribution in [1.82, 2.24) is 4.90 Å². The van der Waals surface area contributed by atoms with Crippen LogP contribution in [0, 0.1) is 10.1 Å². The number of nitro groups is 1. The number of amides is 1. The first-order valence-electron chi connectivity index (χ1n) is 10.6. The molecule has 1 amide bonds. The molecule has 0 unspecified atom stereocenters. The number of hydrogen-bond acceptors (Lipinski definition) is 8. The fourth-order valence-corrected chi connectivity index (χ4v) is 3.65. The van der Waals surface area contributed by atoms with Crippen molar-refractivity contribution in [3.63, 3.8) is 0 Å². The minimum Gasteiger partial charge on any atom is -0.497 e. The Labute approximate surface area is 195 Å². The second-order valence-corrected chi connectivity index (χ2v) is 7.61. The van der Waals surface area contributed by atoms with Crippen LogP contribution in [0.4, 0.5) is 11.4 Å². The number of carbonyl (C=O) groups is 2. The molecule has 176 valence electrons. The van der Waals surface area contributed by atoms with E-state index in [1.54, 1.807) is 18.1 Å². The SMILES string of the molecule is COc1ccc(N2CCN(C(=O)COC(=O)c3ccc(-c4ccc([N+](=O)[O-])cc4)o3)CC2)cc1. The lowest BCUT2D eigenvalue weighted by atomic mass is 10.1.